The molecule has 0 aliphatic rings. The second kappa shape index (κ2) is 7.03. The van der Waals surface area contributed by atoms with Crippen LogP contribution < -0.4 is 5.32 Å². The Labute approximate surface area is 64.0 Å². The van der Waals surface area contributed by atoms with E-state index in [1.807, 2.05) is 0 Å². The molecule has 0 fully saturated rings. The minimum absolute atomic E-state index is 0.546. The van der Waals surface area contributed by atoms with Crippen molar-refractivity contribution in [2.45, 2.75) is 32.7 Å². The first kappa shape index (κ1) is 9.92. The number of ether oxygens (including phenoxy) is 1. The molecule has 10 heavy (non-hydrogen) atoms. The van der Waals surface area contributed by atoms with Crippen LogP contribution in [0.1, 0.15) is 26.7 Å². The summed E-state index contributed by atoms with van der Waals surface area (Å²) < 4.78 is 5.03. The van der Waals surface area contributed by atoms with Gasteiger partial charge in [0, 0.05) is 13.2 Å². The minimum Gasteiger partial charge on any atom is -0.383 e. The fraction of sp³-hybridized carbons (Fsp3) is 1.00. The van der Waals surface area contributed by atoms with Crippen LogP contribution in [0.25, 0.3) is 0 Å². The van der Waals surface area contributed by atoms with Gasteiger partial charge in [0.1, 0.15) is 0 Å². The van der Waals surface area contributed by atoms with Gasteiger partial charge < -0.3 is 10.1 Å². The highest BCUT2D eigenvalue weighted by Crippen LogP contribution is 1.90. The topological polar surface area (TPSA) is 21.3 Å². The van der Waals surface area contributed by atoms with Crippen LogP contribution in [0.15, 0.2) is 0 Å². The zero-order chi connectivity index (χ0) is 7.82. The smallest absolute Gasteiger partial charge is 0.0615 e. The third kappa shape index (κ3) is 4.77. The van der Waals surface area contributed by atoms with E-state index in [4.69, 9.17) is 4.74 Å². The van der Waals surface area contributed by atoms with E-state index in [9.17, 15) is 0 Å². The highest BCUT2D eigenvalue weighted by atomic mass is 16.5. The quantitative estimate of drug-likeness (QED) is 0.610. The molecule has 0 spiro atoms. The van der Waals surface area contributed by atoms with Gasteiger partial charge in [0.2, 0.25) is 0 Å². The van der Waals surface area contributed by atoms with Crippen molar-refractivity contribution in [2.24, 2.45) is 0 Å². The minimum atomic E-state index is 0.546. The van der Waals surface area contributed by atoms with E-state index >= 15 is 0 Å². The van der Waals surface area contributed by atoms with Gasteiger partial charge in [0.15, 0.2) is 0 Å². The van der Waals surface area contributed by atoms with Crippen LogP contribution in [-0.2, 0) is 4.74 Å². The Bertz CT molecular complexity index is 66.3. The second-order valence-electron chi connectivity index (χ2n) is 2.51. The molecule has 0 aromatic rings. The Morgan fingerprint density at radius 1 is 1.40 bits per heavy atom. The van der Waals surface area contributed by atoms with Crippen LogP contribution in [0, 0.1) is 0 Å². The lowest BCUT2D eigenvalue weighted by molar-refractivity contribution is 0.164. The van der Waals surface area contributed by atoms with Crippen LogP contribution in [0.3, 0.4) is 0 Å². The van der Waals surface area contributed by atoms with Crippen molar-refractivity contribution < 1.29 is 4.74 Å². The van der Waals surface area contributed by atoms with Crippen molar-refractivity contribution in [2.75, 3.05) is 20.3 Å². The third-order valence-corrected chi connectivity index (χ3v) is 1.54. The maximum atomic E-state index is 5.03. The molecule has 0 heterocycles. The molecule has 1 unspecified atom stereocenters. The molecular weight excluding hydrogens is 126 g/mol. The first-order valence-electron chi connectivity index (χ1n) is 4.07. The standard InChI is InChI=1S/C8H19NO/c1-4-6-9-8(5-2)7-10-3/h8-9H,4-7H2,1-3H3. The van der Waals surface area contributed by atoms with Crippen molar-refractivity contribution >= 4 is 0 Å². The molecule has 0 aliphatic heterocycles. The predicted octanol–water partition coefficient (Wildman–Crippen LogP) is 1.41. The maximum Gasteiger partial charge on any atom is 0.0615 e. The van der Waals surface area contributed by atoms with E-state index in [0.29, 0.717) is 6.04 Å². The van der Waals surface area contributed by atoms with Crippen molar-refractivity contribution in [3.63, 3.8) is 0 Å². The summed E-state index contributed by atoms with van der Waals surface area (Å²) in [6, 6.07) is 0.546. The van der Waals surface area contributed by atoms with Crippen LogP contribution in [0.4, 0.5) is 0 Å². The number of methoxy groups -OCH3 is 1. The number of rotatable bonds is 6. The zero-order valence-corrected chi connectivity index (χ0v) is 7.31. The van der Waals surface area contributed by atoms with E-state index in [1.165, 1.54) is 6.42 Å². The Kier molecular flexibility index (Phi) is 6.98. The zero-order valence-electron chi connectivity index (χ0n) is 7.31. The summed E-state index contributed by atoms with van der Waals surface area (Å²) >= 11 is 0. The summed E-state index contributed by atoms with van der Waals surface area (Å²) in [6.07, 6.45) is 2.34. The van der Waals surface area contributed by atoms with Gasteiger partial charge in [-0.05, 0) is 19.4 Å². The first-order chi connectivity index (χ1) is 4.85. The molecule has 0 aromatic heterocycles. The monoisotopic (exact) mass is 145 g/mol. The van der Waals surface area contributed by atoms with E-state index in [2.05, 4.69) is 19.2 Å². The van der Waals surface area contributed by atoms with E-state index in [0.717, 1.165) is 19.6 Å². The van der Waals surface area contributed by atoms with Gasteiger partial charge in [-0.3, -0.25) is 0 Å². The molecule has 0 amide bonds. The normalized spacial score (nSPS) is 13.5. The van der Waals surface area contributed by atoms with Gasteiger partial charge in [-0.15, -0.1) is 0 Å². The molecule has 2 heteroatoms. The summed E-state index contributed by atoms with van der Waals surface area (Å²) in [4.78, 5) is 0. The van der Waals surface area contributed by atoms with Gasteiger partial charge >= 0.3 is 0 Å². The van der Waals surface area contributed by atoms with Crippen LogP contribution in [0.2, 0.25) is 0 Å². The molecule has 0 saturated heterocycles. The van der Waals surface area contributed by atoms with Gasteiger partial charge in [-0.1, -0.05) is 13.8 Å². The molecule has 62 valence electrons. The molecular formula is C8H19NO. The van der Waals surface area contributed by atoms with Gasteiger partial charge in [0.05, 0.1) is 6.61 Å². The lowest BCUT2D eigenvalue weighted by atomic mass is 10.2. The Morgan fingerprint density at radius 3 is 2.50 bits per heavy atom. The molecule has 0 saturated carbocycles. The van der Waals surface area contributed by atoms with E-state index < -0.39 is 0 Å². The van der Waals surface area contributed by atoms with Crippen molar-refractivity contribution in [1.29, 1.82) is 0 Å². The molecule has 1 atom stereocenters. The third-order valence-electron chi connectivity index (χ3n) is 1.54. The van der Waals surface area contributed by atoms with Crippen LogP contribution in [0.5, 0.6) is 0 Å². The van der Waals surface area contributed by atoms with Crippen molar-refractivity contribution in [3.8, 4) is 0 Å². The lowest BCUT2D eigenvalue weighted by Crippen LogP contribution is -2.32. The van der Waals surface area contributed by atoms with Crippen molar-refractivity contribution in [1.82, 2.24) is 5.32 Å². The largest absolute Gasteiger partial charge is 0.383 e. The second-order valence-corrected chi connectivity index (χ2v) is 2.51. The van der Waals surface area contributed by atoms with E-state index in [1.54, 1.807) is 7.11 Å². The van der Waals surface area contributed by atoms with Gasteiger partial charge in [-0.2, -0.15) is 0 Å². The molecule has 2 nitrogen and oxygen atoms in total. The molecule has 1 N–H and O–H groups in total. The average molecular weight is 145 g/mol. The predicted molar refractivity (Wildman–Crippen MR) is 44.2 cm³/mol. The Hall–Kier alpha value is -0.0800. The number of hydrogen-bond acceptors (Lipinski definition) is 2. The summed E-state index contributed by atoms with van der Waals surface area (Å²) in [6.45, 7) is 6.28. The average Bonchev–Trinajstić information content (AvgIpc) is 1.98. The molecule has 0 bridgehead atoms. The summed E-state index contributed by atoms with van der Waals surface area (Å²) in [7, 11) is 1.75. The number of nitrogens with one attached hydrogen (secondary N) is 1. The molecule has 0 aliphatic carbocycles. The summed E-state index contributed by atoms with van der Waals surface area (Å²) in [5.74, 6) is 0. The highest BCUT2D eigenvalue weighted by molar-refractivity contribution is 4.62. The fourth-order valence-corrected chi connectivity index (χ4v) is 0.871. The lowest BCUT2D eigenvalue weighted by Gasteiger charge is -2.14. The molecule has 0 radical (unpaired) electrons. The van der Waals surface area contributed by atoms with Gasteiger partial charge in [-0.25, -0.2) is 0 Å². The summed E-state index contributed by atoms with van der Waals surface area (Å²) in [5, 5.41) is 3.40. The maximum absolute atomic E-state index is 5.03. The fourth-order valence-electron chi connectivity index (χ4n) is 0.871. The Morgan fingerprint density at radius 2 is 2.10 bits per heavy atom. The molecule has 0 aromatic carbocycles. The van der Waals surface area contributed by atoms with E-state index in [-0.39, 0.29) is 0 Å². The number of hydrogen-bond donors (Lipinski definition) is 1. The SMILES string of the molecule is CCCNC(CC)COC. The van der Waals surface area contributed by atoms with Crippen LogP contribution >= 0.6 is 0 Å². The summed E-state index contributed by atoms with van der Waals surface area (Å²) in [5.41, 5.74) is 0. The van der Waals surface area contributed by atoms with Crippen molar-refractivity contribution in [3.05, 3.63) is 0 Å². The highest BCUT2D eigenvalue weighted by Gasteiger charge is 2.01. The first-order valence-corrected chi connectivity index (χ1v) is 4.07. The Balaban J connectivity index is 3.21. The van der Waals surface area contributed by atoms with Gasteiger partial charge in [0.25, 0.3) is 0 Å². The van der Waals surface area contributed by atoms with Crippen LogP contribution in [-0.4, -0.2) is 26.3 Å². The molecule has 0 rings (SSSR count).